The van der Waals surface area contributed by atoms with Crippen molar-refractivity contribution in [2.75, 3.05) is 0 Å². The van der Waals surface area contributed by atoms with Crippen LogP contribution in [0, 0.1) is 5.82 Å². The monoisotopic (exact) mass is 480 g/mol. The zero-order valence-electron chi connectivity index (χ0n) is 19.7. The summed E-state index contributed by atoms with van der Waals surface area (Å²) >= 11 is 6.04. The Bertz CT molecular complexity index is 1110. The van der Waals surface area contributed by atoms with Gasteiger partial charge in [0.2, 0.25) is 11.8 Å². The summed E-state index contributed by atoms with van der Waals surface area (Å²) in [6.45, 7) is 5.89. The number of halogens is 2. The van der Waals surface area contributed by atoms with Gasteiger partial charge in [0.05, 0.1) is 6.42 Å². The van der Waals surface area contributed by atoms with E-state index in [1.807, 2.05) is 63.2 Å². The highest BCUT2D eigenvalue weighted by molar-refractivity contribution is 6.30. The molecular weight excluding hydrogens is 451 g/mol. The molecule has 1 unspecified atom stereocenters. The van der Waals surface area contributed by atoms with Gasteiger partial charge in [0.15, 0.2) is 0 Å². The molecule has 0 spiro atoms. The summed E-state index contributed by atoms with van der Waals surface area (Å²) in [5.74, 6) is -1.03. The van der Waals surface area contributed by atoms with E-state index in [-0.39, 0.29) is 24.8 Å². The second-order valence-corrected chi connectivity index (χ2v) is 9.80. The highest BCUT2D eigenvalue weighted by Gasteiger charge is 2.32. The van der Waals surface area contributed by atoms with Crippen LogP contribution in [0.2, 0.25) is 5.02 Å². The molecule has 0 saturated heterocycles. The van der Waals surface area contributed by atoms with Crippen molar-refractivity contribution in [2.24, 2.45) is 0 Å². The molecule has 0 heterocycles. The second-order valence-electron chi connectivity index (χ2n) is 9.36. The van der Waals surface area contributed by atoms with Gasteiger partial charge >= 0.3 is 0 Å². The van der Waals surface area contributed by atoms with E-state index in [4.69, 9.17) is 11.6 Å². The third-order valence-corrected chi connectivity index (χ3v) is 5.59. The quantitative estimate of drug-likeness (QED) is 0.457. The highest BCUT2D eigenvalue weighted by atomic mass is 35.5. The van der Waals surface area contributed by atoms with E-state index >= 15 is 0 Å². The van der Waals surface area contributed by atoms with E-state index < -0.39 is 17.4 Å². The summed E-state index contributed by atoms with van der Waals surface area (Å²) in [4.78, 5) is 28.6. The van der Waals surface area contributed by atoms with Crippen molar-refractivity contribution in [3.05, 3.63) is 106 Å². The van der Waals surface area contributed by atoms with Gasteiger partial charge in [0.1, 0.15) is 11.9 Å². The van der Waals surface area contributed by atoms with Gasteiger partial charge in [-0.1, -0.05) is 72.3 Å². The zero-order valence-corrected chi connectivity index (χ0v) is 20.5. The zero-order chi connectivity index (χ0) is 24.7. The summed E-state index contributed by atoms with van der Waals surface area (Å²) in [5.41, 5.74) is 1.57. The number of hydrogen-bond acceptors (Lipinski definition) is 2. The standard InChI is InChI=1S/C28H30ClFN2O2/c1-28(2,3)31-27(34)25(17-20-9-5-4-6-10-20)32(19-21-13-15-23(29)16-14-21)26(33)18-22-11-7-8-12-24(22)30/h4-16,25H,17-19H2,1-3H3,(H,31,34). The Hall–Kier alpha value is -3.18. The molecule has 0 aliphatic carbocycles. The van der Waals surface area contributed by atoms with Crippen LogP contribution < -0.4 is 5.32 Å². The van der Waals surface area contributed by atoms with Crippen molar-refractivity contribution in [1.29, 1.82) is 0 Å². The van der Waals surface area contributed by atoms with Crippen molar-refractivity contribution in [2.45, 2.75) is 51.7 Å². The van der Waals surface area contributed by atoms with Gasteiger partial charge in [-0.05, 0) is 55.7 Å². The predicted molar refractivity (Wildman–Crippen MR) is 134 cm³/mol. The Balaban J connectivity index is 1.99. The minimum Gasteiger partial charge on any atom is -0.350 e. The summed E-state index contributed by atoms with van der Waals surface area (Å²) in [6.07, 6.45) is 0.188. The molecule has 1 N–H and O–H groups in total. The van der Waals surface area contributed by atoms with Crippen molar-refractivity contribution in [3.8, 4) is 0 Å². The molecule has 4 nitrogen and oxygen atoms in total. The van der Waals surface area contributed by atoms with Gasteiger partial charge < -0.3 is 10.2 Å². The number of benzene rings is 3. The smallest absolute Gasteiger partial charge is 0.243 e. The largest absolute Gasteiger partial charge is 0.350 e. The summed E-state index contributed by atoms with van der Waals surface area (Å²) in [6, 6.07) is 22.1. The maximum absolute atomic E-state index is 14.3. The number of nitrogens with one attached hydrogen (secondary N) is 1. The van der Waals surface area contributed by atoms with Gasteiger partial charge in [0, 0.05) is 23.5 Å². The first-order valence-electron chi connectivity index (χ1n) is 11.3. The number of amides is 2. The van der Waals surface area contributed by atoms with Crippen LogP contribution in [-0.2, 0) is 29.0 Å². The lowest BCUT2D eigenvalue weighted by molar-refractivity contribution is -0.141. The van der Waals surface area contributed by atoms with Gasteiger partial charge in [-0.25, -0.2) is 4.39 Å². The van der Waals surface area contributed by atoms with E-state index in [1.165, 1.54) is 6.07 Å². The Morgan fingerprint density at radius 3 is 2.15 bits per heavy atom. The molecule has 1 atom stereocenters. The molecule has 0 radical (unpaired) electrons. The normalized spacial score (nSPS) is 12.1. The number of nitrogens with zero attached hydrogens (tertiary/aromatic N) is 1. The Kier molecular flexibility index (Phi) is 8.46. The van der Waals surface area contributed by atoms with Gasteiger partial charge in [-0.3, -0.25) is 9.59 Å². The minimum absolute atomic E-state index is 0.144. The van der Waals surface area contributed by atoms with Gasteiger partial charge in [-0.15, -0.1) is 0 Å². The fourth-order valence-corrected chi connectivity index (χ4v) is 3.83. The molecule has 3 aromatic rings. The van der Waals surface area contributed by atoms with Crippen molar-refractivity contribution < 1.29 is 14.0 Å². The lowest BCUT2D eigenvalue weighted by Crippen LogP contribution is -2.54. The number of hydrogen-bond donors (Lipinski definition) is 1. The Morgan fingerprint density at radius 1 is 0.912 bits per heavy atom. The van der Waals surface area contributed by atoms with Crippen LogP contribution in [0.15, 0.2) is 78.9 Å². The molecule has 0 bridgehead atoms. The lowest BCUT2D eigenvalue weighted by Gasteiger charge is -2.34. The molecule has 0 saturated carbocycles. The molecule has 34 heavy (non-hydrogen) atoms. The Morgan fingerprint density at radius 2 is 1.53 bits per heavy atom. The van der Waals surface area contributed by atoms with Crippen LogP contribution in [0.1, 0.15) is 37.5 Å². The predicted octanol–water partition coefficient (Wildman–Crippen LogP) is 5.58. The van der Waals surface area contributed by atoms with Crippen molar-refractivity contribution in [3.63, 3.8) is 0 Å². The molecule has 0 aliphatic heterocycles. The van der Waals surface area contributed by atoms with Crippen LogP contribution >= 0.6 is 11.6 Å². The molecule has 178 valence electrons. The molecule has 3 aromatic carbocycles. The molecule has 3 rings (SSSR count). The average Bonchev–Trinajstić information content (AvgIpc) is 2.78. The molecule has 0 aliphatic rings. The first-order valence-corrected chi connectivity index (χ1v) is 11.6. The van der Waals surface area contributed by atoms with E-state index in [0.717, 1.165) is 11.1 Å². The molecular formula is C28H30ClFN2O2. The topological polar surface area (TPSA) is 49.4 Å². The van der Waals surface area contributed by atoms with Crippen LogP contribution in [0.4, 0.5) is 4.39 Å². The van der Waals surface area contributed by atoms with Gasteiger partial charge in [0.25, 0.3) is 0 Å². The van der Waals surface area contributed by atoms with E-state index in [0.29, 0.717) is 17.0 Å². The summed E-state index contributed by atoms with van der Waals surface area (Å²) < 4.78 is 14.3. The second kappa shape index (κ2) is 11.3. The number of carbonyl (C=O) groups is 2. The Labute approximate surface area is 205 Å². The number of carbonyl (C=O) groups excluding carboxylic acids is 2. The van der Waals surface area contributed by atoms with Crippen LogP contribution in [-0.4, -0.2) is 28.3 Å². The first kappa shape index (κ1) is 25.4. The number of rotatable bonds is 8. The van der Waals surface area contributed by atoms with Crippen LogP contribution in [0.3, 0.4) is 0 Å². The average molecular weight is 481 g/mol. The summed E-state index contributed by atoms with van der Waals surface area (Å²) in [7, 11) is 0. The maximum atomic E-state index is 14.3. The fraction of sp³-hybridized carbons (Fsp3) is 0.286. The van der Waals surface area contributed by atoms with Crippen molar-refractivity contribution in [1.82, 2.24) is 10.2 Å². The van der Waals surface area contributed by atoms with E-state index in [9.17, 15) is 14.0 Å². The van der Waals surface area contributed by atoms with Crippen LogP contribution in [0.5, 0.6) is 0 Å². The third kappa shape index (κ3) is 7.42. The SMILES string of the molecule is CC(C)(C)NC(=O)C(Cc1ccccc1)N(Cc1ccc(Cl)cc1)C(=O)Cc1ccccc1F. The highest BCUT2D eigenvalue weighted by Crippen LogP contribution is 2.19. The first-order chi connectivity index (χ1) is 16.1. The fourth-order valence-electron chi connectivity index (χ4n) is 3.70. The molecule has 0 aromatic heterocycles. The van der Waals surface area contributed by atoms with Crippen LogP contribution in [0.25, 0.3) is 0 Å². The molecule has 2 amide bonds. The van der Waals surface area contributed by atoms with Crippen molar-refractivity contribution >= 4 is 23.4 Å². The maximum Gasteiger partial charge on any atom is 0.243 e. The van der Waals surface area contributed by atoms with E-state index in [2.05, 4.69) is 5.32 Å². The minimum atomic E-state index is -0.781. The molecule has 0 fully saturated rings. The lowest BCUT2D eigenvalue weighted by atomic mass is 9.99. The van der Waals surface area contributed by atoms with Gasteiger partial charge in [-0.2, -0.15) is 0 Å². The van der Waals surface area contributed by atoms with E-state index in [1.54, 1.807) is 35.2 Å². The summed E-state index contributed by atoms with van der Waals surface area (Å²) in [5, 5.41) is 3.60. The third-order valence-electron chi connectivity index (χ3n) is 5.33. The molecule has 6 heteroatoms.